The Labute approximate surface area is 104 Å². The van der Waals surface area contributed by atoms with Gasteiger partial charge in [0.1, 0.15) is 0 Å². The van der Waals surface area contributed by atoms with Gasteiger partial charge in [-0.15, -0.1) is 0 Å². The lowest BCUT2D eigenvalue weighted by atomic mass is 9.92. The summed E-state index contributed by atoms with van der Waals surface area (Å²) in [6, 6.07) is 0. The monoisotopic (exact) mass is 264 g/mol. The van der Waals surface area contributed by atoms with Crippen molar-refractivity contribution < 1.29 is 13.2 Å². The van der Waals surface area contributed by atoms with E-state index >= 15 is 0 Å². The summed E-state index contributed by atoms with van der Waals surface area (Å²) in [6.07, 6.45) is 1.29. The Kier molecular flexibility index (Phi) is 4.57. The largest absolute Gasteiger partial charge is 0.381 e. The molecule has 1 aliphatic heterocycles. The van der Waals surface area contributed by atoms with Crippen molar-refractivity contribution in [2.75, 3.05) is 25.5 Å². The molecule has 1 heterocycles. The molecule has 1 saturated heterocycles. The van der Waals surface area contributed by atoms with Crippen molar-refractivity contribution in [2.24, 2.45) is 11.1 Å². The first-order chi connectivity index (χ1) is 7.68. The van der Waals surface area contributed by atoms with E-state index in [0.29, 0.717) is 32.6 Å². The highest BCUT2D eigenvalue weighted by atomic mass is 32.2. The summed E-state index contributed by atoms with van der Waals surface area (Å²) in [5.41, 5.74) is 4.96. The number of hydrogen-bond donors (Lipinski definition) is 2. The Hall–Kier alpha value is -0.170. The molecule has 5 nitrogen and oxygen atoms in total. The van der Waals surface area contributed by atoms with Crippen LogP contribution in [0, 0.1) is 5.41 Å². The third kappa shape index (κ3) is 4.91. The summed E-state index contributed by atoms with van der Waals surface area (Å²) in [4.78, 5) is 0. The third-order valence-electron chi connectivity index (χ3n) is 2.84. The van der Waals surface area contributed by atoms with Crippen LogP contribution in [0.1, 0.15) is 33.6 Å². The molecule has 0 atom stereocenters. The van der Waals surface area contributed by atoms with E-state index in [4.69, 9.17) is 10.5 Å². The molecule has 0 aromatic heterocycles. The van der Waals surface area contributed by atoms with E-state index in [1.54, 1.807) is 0 Å². The Balaban J connectivity index is 2.73. The molecule has 0 radical (unpaired) electrons. The molecule has 0 amide bonds. The molecule has 1 rings (SSSR count). The minimum absolute atomic E-state index is 0.114. The fraction of sp³-hybridized carbons (Fsp3) is 1.00. The van der Waals surface area contributed by atoms with E-state index in [1.807, 2.05) is 20.8 Å². The van der Waals surface area contributed by atoms with Crippen LogP contribution < -0.4 is 10.5 Å². The van der Waals surface area contributed by atoms with Gasteiger partial charge in [0.2, 0.25) is 10.0 Å². The molecule has 0 saturated carbocycles. The van der Waals surface area contributed by atoms with Gasteiger partial charge in [0.05, 0.1) is 5.75 Å². The number of hydrogen-bond acceptors (Lipinski definition) is 4. The maximum absolute atomic E-state index is 12.1. The van der Waals surface area contributed by atoms with E-state index in [0.717, 1.165) is 0 Å². The summed E-state index contributed by atoms with van der Waals surface area (Å²) >= 11 is 0. The Morgan fingerprint density at radius 3 is 2.24 bits per heavy atom. The SMILES string of the molecule is CC(C)(C)CS(=O)(=O)NC1(CN)CCOCC1. The first kappa shape index (κ1) is 14.9. The molecule has 3 N–H and O–H groups in total. The van der Waals surface area contributed by atoms with Crippen LogP contribution in [0.5, 0.6) is 0 Å². The van der Waals surface area contributed by atoms with Crippen molar-refractivity contribution in [1.82, 2.24) is 4.72 Å². The van der Waals surface area contributed by atoms with Crippen molar-refractivity contribution in [3.63, 3.8) is 0 Å². The second-order valence-corrected chi connectivity index (χ2v) is 7.74. The summed E-state index contributed by atoms with van der Waals surface area (Å²) in [6.45, 7) is 7.17. The first-order valence-electron chi connectivity index (χ1n) is 5.98. The summed E-state index contributed by atoms with van der Waals surface area (Å²) in [7, 11) is -3.30. The smallest absolute Gasteiger partial charge is 0.212 e. The van der Waals surface area contributed by atoms with Gasteiger partial charge >= 0.3 is 0 Å². The van der Waals surface area contributed by atoms with Crippen LogP contribution in [0.2, 0.25) is 0 Å². The minimum atomic E-state index is -3.30. The molecule has 1 aliphatic rings. The zero-order valence-electron chi connectivity index (χ0n) is 11.0. The van der Waals surface area contributed by atoms with Gasteiger partial charge in [-0.25, -0.2) is 13.1 Å². The van der Waals surface area contributed by atoms with Crippen molar-refractivity contribution in [2.45, 2.75) is 39.2 Å². The summed E-state index contributed by atoms with van der Waals surface area (Å²) in [5.74, 6) is 0.114. The van der Waals surface area contributed by atoms with E-state index in [1.165, 1.54) is 0 Å². The fourth-order valence-electron chi connectivity index (χ4n) is 2.05. The second kappa shape index (κ2) is 5.22. The Morgan fingerprint density at radius 1 is 1.29 bits per heavy atom. The van der Waals surface area contributed by atoms with Crippen LogP contribution in [0.15, 0.2) is 0 Å². The van der Waals surface area contributed by atoms with Gasteiger partial charge in [0.15, 0.2) is 0 Å². The molecule has 6 heteroatoms. The van der Waals surface area contributed by atoms with Crippen LogP contribution in [-0.2, 0) is 14.8 Å². The van der Waals surface area contributed by atoms with E-state index in [9.17, 15) is 8.42 Å². The zero-order valence-corrected chi connectivity index (χ0v) is 11.8. The lowest BCUT2D eigenvalue weighted by Crippen LogP contribution is -2.57. The predicted octanol–water partition coefficient (Wildman–Crippen LogP) is 0.460. The van der Waals surface area contributed by atoms with Gasteiger partial charge in [0.25, 0.3) is 0 Å². The average molecular weight is 264 g/mol. The number of sulfonamides is 1. The van der Waals surface area contributed by atoms with Gasteiger partial charge in [-0.05, 0) is 18.3 Å². The molecule has 0 unspecified atom stereocenters. The lowest BCUT2D eigenvalue weighted by Gasteiger charge is -2.37. The maximum atomic E-state index is 12.1. The van der Waals surface area contributed by atoms with E-state index in [-0.39, 0.29) is 11.2 Å². The quantitative estimate of drug-likeness (QED) is 0.773. The highest BCUT2D eigenvalue weighted by molar-refractivity contribution is 7.89. The van der Waals surface area contributed by atoms with Crippen LogP contribution >= 0.6 is 0 Å². The standard InChI is InChI=1S/C11H24N2O3S/c1-10(2,3)9-17(14,15)13-11(8-12)4-6-16-7-5-11/h13H,4-9,12H2,1-3H3. The van der Waals surface area contributed by atoms with Gasteiger partial charge in [-0.1, -0.05) is 20.8 Å². The van der Waals surface area contributed by atoms with Crippen LogP contribution in [0.3, 0.4) is 0 Å². The number of nitrogens with two attached hydrogens (primary N) is 1. The fourth-order valence-corrected chi connectivity index (χ4v) is 4.21. The molecular weight excluding hydrogens is 240 g/mol. The molecule has 0 aromatic carbocycles. The van der Waals surface area contributed by atoms with E-state index < -0.39 is 15.6 Å². The van der Waals surface area contributed by atoms with Crippen molar-refractivity contribution in [1.29, 1.82) is 0 Å². The number of ether oxygens (including phenoxy) is 1. The molecule has 17 heavy (non-hydrogen) atoms. The molecule has 1 fully saturated rings. The van der Waals surface area contributed by atoms with E-state index in [2.05, 4.69) is 4.72 Å². The third-order valence-corrected chi connectivity index (χ3v) is 4.83. The van der Waals surface area contributed by atoms with Crippen LogP contribution in [0.4, 0.5) is 0 Å². The molecule has 0 bridgehead atoms. The topological polar surface area (TPSA) is 81.4 Å². The highest BCUT2D eigenvalue weighted by Gasteiger charge is 2.36. The Morgan fingerprint density at radius 2 is 1.82 bits per heavy atom. The summed E-state index contributed by atoms with van der Waals surface area (Å²) < 4.78 is 32.2. The van der Waals surface area contributed by atoms with Crippen molar-refractivity contribution in [3.05, 3.63) is 0 Å². The molecule has 0 spiro atoms. The molecular formula is C11H24N2O3S. The predicted molar refractivity (Wildman–Crippen MR) is 68.2 cm³/mol. The lowest BCUT2D eigenvalue weighted by molar-refractivity contribution is 0.0501. The van der Waals surface area contributed by atoms with Crippen molar-refractivity contribution >= 4 is 10.0 Å². The minimum Gasteiger partial charge on any atom is -0.381 e. The maximum Gasteiger partial charge on any atom is 0.212 e. The molecule has 0 aromatic rings. The Bertz CT molecular complexity index is 340. The van der Waals surface area contributed by atoms with Crippen molar-refractivity contribution in [3.8, 4) is 0 Å². The number of rotatable bonds is 4. The highest BCUT2D eigenvalue weighted by Crippen LogP contribution is 2.23. The number of nitrogens with one attached hydrogen (secondary N) is 1. The van der Waals surface area contributed by atoms with Gasteiger partial charge in [-0.3, -0.25) is 0 Å². The second-order valence-electron chi connectivity index (χ2n) is 6.02. The van der Waals surface area contributed by atoms with Crippen LogP contribution in [-0.4, -0.2) is 39.5 Å². The average Bonchev–Trinajstić information content (AvgIpc) is 2.14. The zero-order chi connectivity index (χ0) is 13.2. The normalized spacial score (nSPS) is 21.4. The molecule has 0 aliphatic carbocycles. The van der Waals surface area contributed by atoms with Gasteiger partial charge in [-0.2, -0.15) is 0 Å². The first-order valence-corrected chi connectivity index (χ1v) is 7.63. The summed E-state index contributed by atoms with van der Waals surface area (Å²) in [5, 5.41) is 0. The van der Waals surface area contributed by atoms with Crippen LogP contribution in [0.25, 0.3) is 0 Å². The molecule has 102 valence electrons. The van der Waals surface area contributed by atoms with Gasteiger partial charge in [0, 0.05) is 25.3 Å². The van der Waals surface area contributed by atoms with Gasteiger partial charge < -0.3 is 10.5 Å².